The topological polar surface area (TPSA) is 112 Å². The van der Waals surface area contributed by atoms with E-state index < -0.39 is 11.9 Å². The molecule has 0 fully saturated rings. The Morgan fingerprint density at radius 3 is 1.77 bits per heavy atom. The minimum atomic E-state index is -1.12. The van der Waals surface area contributed by atoms with Crippen LogP contribution in [0.3, 0.4) is 0 Å². The first-order chi connectivity index (χ1) is 18.8. The summed E-state index contributed by atoms with van der Waals surface area (Å²) in [5.74, 6) is 0.0177. The highest BCUT2D eigenvalue weighted by atomic mass is 19.1. The predicted octanol–water partition coefficient (Wildman–Crippen LogP) is 6.62. The van der Waals surface area contributed by atoms with Crippen LogP contribution in [-0.4, -0.2) is 49.6 Å². The molecular weight excluding hydrogens is 519 g/mol. The molecular formula is C31H37FO8. The predicted molar refractivity (Wildman–Crippen MR) is 150 cm³/mol. The molecule has 8 nitrogen and oxygen atoms in total. The average molecular weight is 557 g/mol. The minimum absolute atomic E-state index is 0.0208. The summed E-state index contributed by atoms with van der Waals surface area (Å²) >= 11 is 0. The van der Waals surface area contributed by atoms with Gasteiger partial charge >= 0.3 is 11.9 Å². The number of halogens is 1. The summed E-state index contributed by atoms with van der Waals surface area (Å²) in [5.41, 5.74) is 4.60. The Kier molecular flexibility index (Phi) is 11.3. The van der Waals surface area contributed by atoms with Crippen LogP contribution < -0.4 is 18.9 Å². The van der Waals surface area contributed by atoms with E-state index in [0.29, 0.717) is 35.7 Å². The highest BCUT2D eigenvalue weighted by Crippen LogP contribution is 2.34. The highest BCUT2D eigenvalue weighted by molar-refractivity contribution is 5.99. The summed E-state index contributed by atoms with van der Waals surface area (Å²) in [6.45, 7) is 11.9. The van der Waals surface area contributed by atoms with Gasteiger partial charge in [-0.2, -0.15) is 0 Å². The number of hydrogen-bond acceptors (Lipinski definition) is 6. The van der Waals surface area contributed by atoms with E-state index in [1.54, 1.807) is 40.0 Å². The molecule has 0 spiro atoms. The molecule has 0 heterocycles. The molecule has 0 aliphatic rings. The van der Waals surface area contributed by atoms with Gasteiger partial charge in [0, 0.05) is 17.5 Å². The summed E-state index contributed by atoms with van der Waals surface area (Å²) < 4.78 is 34.7. The van der Waals surface area contributed by atoms with Gasteiger partial charge in [0.05, 0.1) is 33.0 Å². The SMILES string of the molecule is COc1c(C)c(C(=O)O)c(C)c(C)c1C(=O)O.COc1cc(C)c(C)c(OCCCOc2ccc(F)cc2)c1C. The molecule has 3 aromatic rings. The third kappa shape index (κ3) is 7.43. The van der Waals surface area contributed by atoms with Crippen molar-refractivity contribution in [1.29, 1.82) is 0 Å². The number of hydrogen-bond donors (Lipinski definition) is 2. The van der Waals surface area contributed by atoms with Crippen LogP contribution in [0, 0.1) is 47.4 Å². The lowest BCUT2D eigenvalue weighted by atomic mass is 9.92. The standard InChI is InChI=1S/C19H23FO3.C12H14O5/c1-13-12-18(21-4)15(3)19(14(13)2)23-11-5-10-22-17-8-6-16(20)7-9-17;1-5-6(2)9(12(15)16)10(17-4)7(3)8(5)11(13)14/h6-9,12H,5,10-11H2,1-4H3;1-4H3,(H,13,14)(H,15,16). The first-order valence-corrected chi connectivity index (χ1v) is 12.7. The van der Waals surface area contributed by atoms with Gasteiger partial charge in [0.2, 0.25) is 0 Å². The quantitative estimate of drug-likeness (QED) is 0.268. The largest absolute Gasteiger partial charge is 0.496 e. The Morgan fingerprint density at radius 1 is 0.700 bits per heavy atom. The van der Waals surface area contributed by atoms with E-state index in [9.17, 15) is 14.0 Å². The summed E-state index contributed by atoms with van der Waals surface area (Å²) in [6, 6.07) is 8.04. The fraction of sp³-hybridized carbons (Fsp3) is 0.355. The van der Waals surface area contributed by atoms with Crippen LogP contribution in [0.1, 0.15) is 60.5 Å². The van der Waals surface area contributed by atoms with Crippen molar-refractivity contribution in [2.45, 2.75) is 48.0 Å². The van der Waals surface area contributed by atoms with Crippen LogP contribution in [0.4, 0.5) is 4.39 Å². The monoisotopic (exact) mass is 556 g/mol. The second kappa shape index (κ2) is 14.2. The van der Waals surface area contributed by atoms with Crippen LogP contribution in [0.2, 0.25) is 0 Å². The van der Waals surface area contributed by atoms with E-state index >= 15 is 0 Å². The fourth-order valence-electron chi connectivity index (χ4n) is 4.33. The first kappa shape index (κ1) is 31.9. The molecule has 0 amide bonds. The number of aromatic carboxylic acids is 2. The van der Waals surface area contributed by atoms with E-state index in [1.165, 1.54) is 19.2 Å². The summed E-state index contributed by atoms with van der Waals surface area (Å²) in [5, 5.41) is 18.2. The van der Waals surface area contributed by atoms with Crippen molar-refractivity contribution in [3.63, 3.8) is 0 Å². The van der Waals surface area contributed by atoms with Gasteiger partial charge in [-0.1, -0.05) is 0 Å². The molecule has 3 aromatic carbocycles. The van der Waals surface area contributed by atoms with E-state index in [-0.39, 0.29) is 22.7 Å². The zero-order valence-electron chi connectivity index (χ0n) is 24.2. The van der Waals surface area contributed by atoms with Crippen LogP contribution in [0.25, 0.3) is 0 Å². The number of carbonyl (C=O) groups is 2. The number of ether oxygens (including phenoxy) is 4. The Balaban J connectivity index is 0.000000294. The lowest BCUT2D eigenvalue weighted by Gasteiger charge is -2.17. The van der Waals surface area contributed by atoms with Gasteiger partial charge in [0.25, 0.3) is 0 Å². The van der Waals surface area contributed by atoms with E-state index in [0.717, 1.165) is 34.6 Å². The van der Waals surface area contributed by atoms with Gasteiger partial charge < -0.3 is 29.2 Å². The molecule has 40 heavy (non-hydrogen) atoms. The molecule has 0 aliphatic heterocycles. The van der Waals surface area contributed by atoms with Crippen molar-refractivity contribution in [3.05, 3.63) is 80.7 Å². The number of rotatable bonds is 10. The molecule has 3 rings (SSSR count). The molecule has 0 unspecified atom stereocenters. The van der Waals surface area contributed by atoms with Crippen LogP contribution >= 0.6 is 0 Å². The fourth-order valence-corrected chi connectivity index (χ4v) is 4.33. The second-order valence-electron chi connectivity index (χ2n) is 9.25. The number of methoxy groups -OCH3 is 2. The van der Waals surface area contributed by atoms with E-state index in [1.807, 2.05) is 26.8 Å². The molecule has 0 bridgehead atoms. The maximum absolute atomic E-state index is 12.8. The second-order valence-corrected chi connectivity index (χ2v) is 9.25. The normalized spacial score (nSPS) is 10.3. The van der Waals surface area contributed by atoms with Crippen molar-refractivity contribution < 1.29 is 43.1 Å². The minimum Gasteiger partial charge on any atom is -0.496 e. The van der Waals surface area contributed by atoms with Crippen LogP contribution in [-0.2, 0) is 0 Å². The molecule has 9 heteroatoms. The maximum atomic E-state index is 12.8. The molecule has 0 saturated heterocycles. The Hall–Kier alpha value is -4.27. The van der Waals surface area contributed by atoms with Crippen molar-refractivity contribution in [3.8, 4) is 23.0 Å². The van der Waals surface area contributed by atoms with Crippen LogP contribution in [0.15, 0.2) is 30.3 Å². The number of aryl methyl sites for hydroxylation is 1. The third-order valence-corrected chi connectivity index (χ3v) is 6.71. The summed E-state index contributed by atoms with van der Waals surface area (Å²) in [7, 11) is 2.99. The summed E-state index contributed by atoms with van der Waals surface area (Å²) in [4.78, 5) is 22.3. The molecule has 0 aliphatic carbocycles. The molecule has 0 aromatic heterocycles. The average Bonchev–Trinajstić information content (AvgIpc) is 2.90. The number of carboxylic acids is 2. The molecule has 216 valence electrons. The van der Waals surface area contributed by atoms with Gasteiger partial charge in [0.15, 0.2) is 0 Å². The van der Waals surface area contributed by atoms with Gasteiger partial charge in [-0.3, -0.25) is 0 Å². The van der Waals surface area contributed by atoms with Crippen molar-refractivity contribution in [2.75, 3.05) is 27.4 Å². The van der Waals surface area contributed by atoms with E-state index in [2.05, 4.69) is 0 Å². The zero-order valence-corrected chi connectivity index (χ0v) is 24.2. The Labute approximate surface area is 234 Å². The molecule has 2 N–H and O–H groups in total. The zero-order chi connectivity index (χ0) is 30.1. The first-order valence-electron chi connectivity index (χ1n) is 12.7. The van der Waals surface area contributed by atoms with Gasteiger partial charge in [-0.05, 0) is 94.1 Å². The molecule has 0 saturated carbocycles. The molecule has 0 atom stereocenters. The van der Waals surface area contributed by atoms with E-state index in [4.69, 9.17) is 29.2 Å². The third-order valence-electron chi connectivity index (χ3n) is 6.71. The number of carboxylic acid groups (broad SMARTS) is 2. The maximum Gasteiger partial charge on any atom is 0.339 e. The lowest BCUT2D eigenvalue weighted by Crippen LogP contribution is -2.12. The van der Waals surface area contributed by atoms with Crippen molar-refractivity contribution in [2.24, 2.45) is 0 Å². The smallest absolute Gasteiger partial charge is 0.339 e. The van der Waals surface area contributed by atoms with Gasteiger partial charge in [-0.15, -0.1) is 0 Å². The highest BCUT2D eigenvalue weighted by Gasteiger charge is 2.25. The summed E-state index contributed by atoms with van der Waals surface area (Å²) in [6.07, 6.45) is 0.743. The lowest BCUT2D eigenvalue weighted by molar-refractivity contribution is 0.0675. The Bertz CT molecular complexity index is 1360. The van der Waals surface area contributed by atoms with Crippen molar-refractivity contribution >= 4 is 11.9 Å². The van der Waals surface area contributed by atoms with Crippen molar-refractivity contribution in [1.82, 2.24) is 0 Å². The number of benzene rings is 3. The van der Waals surface area contributed by atoms with Gasteiger partial charge in [0.1, 0.15) is 34.4 Å². The molecule has 0 radical (unpaired) electrons. The Morgan fingerprint density at radius 2 is 1.25 bits per heavy atom. The van der Waals surface area contributed by atoms with Crippen LogP contribution in [0.5, 0.6) is 23.0 Å². The van der Waals surface area contributed by atoms with Gasteiger partial charge in [-0.25, -0.2) is 14.0 Å².